The average Bonchev–Trinajstić information content (AvgIpc) is 3.92. The maximum Gasteiger partial charge on any atom is 0.433 e. The van der Waals surface area contributed by atoms with Crippen molar-refractivity contribution < 1.29 is 54.7 Å². The minimum atomic E-state index is -4.69. The van der Waals surface area contributed by atoms with E-state index in [1.807, 2.05) is 12.2 Å². The number of sulfonamides is 1. The van der Waals surface area contributed by atoms with Crippen LogP contribution in [0.5, 0.6) is 5.88 Å². The highest BCUT2D eigenvalue weighted by Crippen LogP contribution is 2.48. The second-order valence-electron chi connectivity index (χ2n) is 18.2. The predicted molar refractivity (Wildman–Crippen MR) is 228 cm³/mol. The lowest BCUT2D eigenvalue weighted by molar-refractivity contribution is -0.141. The third-order valence-corrected chi connectivity index (χ3v) is 15.6. The molecule has 0 radical (unpaired) electrons. The number of rotatable bonds is 8. The van der Waals surface area contributed by atoms with E-state index in [2.05, 4.69) is 30.3 Å². The number of aryl methyl sites for hydroxylation is 1. The molecule has 9 rings (SSSR count). The molecule has 65 heavy (non-hydrogen) atoms. The molecule has 4 fully saturated rings. The lowest BCUT2D eigenvalue weighted by atomic mass is 10.0. The lowest BCUT2D eigenvalue weighted by Crippen LogP contribution is -2.58. The van der Waals surface area contributed by atoms with Crippen molar-refractivity contribution in [2.24, 2.45) is 5.92 Å². The van der Waals surface area contributed by atoms with Crippen LogP contribution >= 0.6 is 0 Å². The summed E-state index contributed by atoms with van der Waals surface area (Å²) in [6, 6.07) is 6.64. The zero-order valence-electron chi connectivity index (χ0n) is 35.9. The van der Waals surface area contributed by atoms with Gasteiger partial charge in [-0.1, -0.05) is 37.1 Å². The molecule has 4 aromatic rings. The summed E-state index contributed by atoms with van der Waals surface area (Å²) in [7, 11) is -4.08. The number of carbonyl (C=O) groups is 4. The Hall–Kier alpha value is -5.79. The number of hydrogen-bond donors (Lipinski definition) is 3. The summed E-state index contributed by atoms with van der Waals surface area (Å²) in [5.41, 5.74) is -1.70. The van der Waals surface area contributed by atoms with Gasteiger partial charge in [-0.05, 0) is 102 Å². The number of allylic oxidation sites excluding steroid dienone is 1. The maximum atomic E-state index is 14.8. The number of nitrogens with one attached hydrogen (secondary N) is 3. The summed E-state index contributed by atoms with van der Waals surface area (Å²) in [6.07, 6.45) is 3.90. The standard InChI is InChI=1S/C45H50F3N7O9S/c1-25-29(18-19-34(49-25)45(46,47)48)37-51-35-30-15-10-11-17-33(30)64-36(35)39(52-37)62-28-22-32-38(56)53-44(41(58)54-65(60,61)43(2)20-21-43)23-26(44)12-6-4-3-5-7-16-31(40(57)55(32)24-28)50-42(59)63-27-13-8-9-14-27/h6,10-12,15,17-19,26-28,31-32H,3-5,7-9,13-14,16,20-24H2,1-2H3,(H,50,59)(H,53,56)(H,54,58)/t26-,28-,31+,32+,44-/m1/s1. The number of halogens is 3. The number of fused-ring (bicyclic) bond motifs is 5. The monoisotopic (exact) mass is 921 g/mol. The van der Waals surface area contributed by atoms with Crippen LogP contribution in [0.4, 0.5) is 18.0 Å². The first-order valence-electron chi connectivity index (χ1n) is 22.2. The van der Waals surface area contributed by atoms with Crippen LogP contribution in [0.3, 0.4) is 0 Å². The summed E-state index contributed by atoms with van der Waals surface area (Å²) in [6.45, 7) is 2.75. The Morgan fingerprint density at radius 3 is 2.46 bits per heavy atom. The van der Waals surface area contributed by atoms with Gasteiger partial charge in [-0.15, -0.1) is 0 Å². The number of ether oxygens (including phenoxy) is 2. The normalized spacial score (nSPS) is 26.1. The Labute approximate surface area is 372 Å². The van der Waals surface area contributed by atoms with Crippen LogP contribution in [-0.4, -0.2) is 93.2 Å². The zero-order chi connectivity index (χ0) is 45.9. The molecule has 3 saturated carbocycles. The van der Waals surface area contributed by atoms with Gasteiger partial charge in [-0.2, -0.15) is 18.2 Å². The Morgan fingerprint density at radius 1 is 0.969 bits per heavy atom. The molecule has 5 atom stereocenters. The number of amides is 4. The molecular formula is C45H50F3N7O9S. The number of hydrogen-bond acceptors (Lipinski definition) is 12. The van der Waals surface area contributed by atoms with Crippen molar-refractivity contribution in [3.8, 4) is 17.3 Å². The van der Waals surface area contributed by atoms with E-state index in [-0.39, 0.29) is 60.5 Å². The van der Waals surface area contributed by atoms with Crippen LogP contribution in [-0.2, 0) is 35.3 Å². The molecule has 4 amide bonds. The molecule has 1 aromatic carbocycles. The molecule has 20 heteroatoms. The molecule has 1 saturated heterocycles. The molecule has 0 spiro atoms. The van der Waals surface area contributed by atoms with Crippen molar-refractivity contribution in [2.75, 3.05) is 6.54 Å². The van der Waals surface area contributed by atoms with E-state index >= 15 is 0 Å². The maximum absolute atomic E-state index is 14.8. The Morgan fingerprint density at radius 2 is 1.72 bits per heavy atom. The summed E-state index contributed by atoms with van der Waals surface area (Å²) >= 11 is 0. The van der Waals surface area contributed by atoms with Gasteiger partial charge in [0.15, 0.2) is 5.82 Å². The highest BCUT2D eigenvalue weighted by Gasteiger charge is 2.63. The molecule has 2 aliphatic heterocycles. The van der Waals surface area contributed by atoms with E-state index < -0.39 is 80.1 Å². The van der Waals surface area contributed by atoms with Crippen LogP contribution < -0.4 is 20.1 Å². The number of aromatic nitrogens is 3. The molecule has 3 aromatic heterocycles. The van der Waals surface area contributed by atoms with Gasteiger partial charge in [0, 0.05) is 29.0 Å². The van der Waals surface area contributed by atoms with Crippen molar-refractivity contribution >= 4 is 55.9 Å². The van der Waals surface area contributed by atoms with Gasteiger partial charge in [0.05, 0.1) is 11.3 Å². The highest BCUT2D eigenvalue weighted by molar-refractivity contribution is 7.91. The third kappa shape index (κ3) is 8.84. The van der Waals surface area contributed by atoms with Gasteiger partial charge in [0.1, 0.15) is 46.6 Å². The van der Waals surface area contributed by atoms with Crippen LogP contribution in [0.1, 0.15) is 102 Å². The molecule has 346 valence electrons. The van der Waals surface area contributed by atoms with E-state index in [1.54, 1.807) is 31.2 Å². The number of furan rings is 1. The number of para-hydroxylation sites is 1. The number of alkyl halides is 3. The minimum absolute atomic E-state index is 0.00203. The first-order chi connectivity index (χ1) is 30.9. The van der Waals surface area contributed by atoms with Crippen LogP contribution in [0.25, 0.3) is 33.5 Å². The highest BCUT2D eigenvalue weighted by atomic mass is 32.2. The fourth-order valence-electron chi connectivity index (χ4n) is 9.16. The molecule has 16 nitrogen and oxygen atoms in total. The van der Waals surface area contributed by atoms with Gasteiger partial charge in [0.25, 0.3) is 11.8 Å². The molecule has 5 heterocycles. The number of nitrogens with zero attached hydrogens (tertiary/aromatic N) is 4. The van der Waals surface area contributed by atoms with E-state index in [9.17, 15) is 40.8 Å². The SMILES string of the molecule is Cc1nc(C(F)(F)F)ccc1-c1nc(O[C@@H]2C[C@H]3C(=O)N[C@]4(C(=O)NS(=O)(=O)C5(C)CC5)C[C@H]4C=CCCCCC[C@H](NC(=O)OC4CCCC4)C(=O)N3C2)c2oc3ccccc3c2n1. The Bertz CT molecular complexity index is 2700. The Balaban J connectivity index is 1.07. The smallest absolute Gasteiger partial charge is 0.433 e. The van der Waals surface area contributed by atoms with Crippen LogP contribution in [0, 0.1) is 12.8 Å². The zero-order valence-corrected chi connectivity index (χ0v) is 36.7. The molecule has 0 bridgehead atoms. The van der Waals surface area contributed by atoms with E-state index in [1.165, 1.54) is 17.9 Å². The third-order valence-electron chi connectivity index (χ3n) is 13.4. The van der Waals surface area contributed by atoms with Crippen molar-refractivity contribution in [3.63, 3.8) is 0 Å². The quantitative estimate of drug-likeness (QED) is 0.161. The van der Waals surface area contributed by atoms with Crippen molar-refractivity contribution in [1.29, 1.82) is 0 Å². The minimum Gasteiger partial charge on any atom is -0.470 e. The average molecular weight is 922 g/mol. The summed E-state index contributed by atoms with van der Waals surface area (Å²) in [4.78, 5) is 71.2. The summed E-state index contributed by atoms with van der Waals surface area (Å²) in [5, 5.41) is 6.19. The largest absolute Gasteiger partial charge is 0.470 e. The van der Waals surface area contributed by atoms with E-state index in [0.717, 1.165) is 25.3 Å². The van der Waals surface area contributed by atoms with Crippen LogP contribution in [0.2, 0.25) is 0 Å². The second-order valence-corrected chi connectivity index (χ2v) is 20.4. The fraction of sp³-hybridized carbons (Fsp3) is 0.533. The Kier molecular flexibility index (Phi) is 11.5. The van der Waals surface area contributed by atoms with Crippen molar-refractivity contribution in [2.45, 2.75) is 138 Å². The molecule has 5 aliphatic rings. The second kappa shape index (κ2) is 16.9. The molecular weight excluding hydrogens is 872 g/mol. The van der Waals surface area contributed by atoms with Gasteiger partial charge in [0.2, 0.25) is 27.4 Å². The predicted octanol–water partition coefficient (Wildman–Crippen LogP) is 6.54. The number of pyridine rings is 1. The molecule has 0 unspecified atom stereocenters. The van der Waals surface area contributed by atoms with Crippen LogP contribution in [0.15, 0.2) is 53.0 Å². The lowest BCUT2D eigenvalue weighted by Gasteiger charge is -2.30. The fourth-order valence-corrected chi connectivity index (χ4v) is 10.5. The van der Waals surface area contributed by atoms with Crippen molar-refractivity contribution in [1.82, 2.24) is 35.2 Å². The molecule has 3 aliphatic carbocycles. The molecule has 3 N–H and O–H groups in total. The van der Waals surface area contributed by atoms with E-state index in [4.69, 9.17) is 13.9 Å². The first-order valence-corrected chi connectivity index (χ1v) is 23.7. The van der Waals surface area contributed by atoms with Gasteiger partial charge in [-0.3, -0.25) is 19.1 Å². The topological polar surface area (TPSA) is 212 Å². The number of carbonyl (C=O) groups excluding carboxylic acids is 4. The number of benzene rings is 1. The summed E-state index contributed by atoms with van der Waals surface area (Å²) in [5.74, 6) is -2.86. The van der Waals surface area contributed by atoms with Crippen molar-refractivity contribution in [3.05, 3.63) is 59.9 Å². The number of alkyl carbamates (subject to hydrolysis) is 1. The van der Waals surface area contributed by atoms with Gasteiger partial charge in [-0.25, -0.2) is 23.2 Å². The van der Waals surface area contributed by atoms with Gasteiger partial charge >= 0.3 is 12.3 Å². The summed E-state index contributed by atoms with van der Waals surface area (Å²) < 4.78 is 87.0. The van der Waals surface area contributed by atoms with Gasteiger partial charge < -0.3 is 29.4 Å². The first kappa shape index (κ1) is 44.4. The van der Waals surface area contributed by atoms with E-state index in [0.29, 0.717) is 61.4 Å².